The normalized spacial score (nSPS) is 11.6. The molecule has 186 valence electrons. The van der Waals surface area contributed by atoms with Gasteiger partial charge >= 0.3 is 0 Å². The summed E-state index contributed by atoms with van der Waals surface area (Å²) in [7, 11) is 1.90. The smallest absolute Gasteiger partial charge is 0.0980 e. The average molecular weight is 500 g/mol. The van der Waals surface area contributed by atoms with Gasteiger partial charge in [0, 0.05) is 36.3 Å². The van der Waals surface area contributed by atoms with Crippen LogP contribution in [-0.2, 0) is 12.8 Å². The highest BCUT2D eigenvalue weighted by atomic mass is 35.5. The highest BCUT2D eigenvalue weighted by molar-refractivity contribution is 6.33. The summed E-state index contributed by atoms with van der Waals surface area (Å²) in [5.41, 5.74) is 7.11. The van der Waals surface area contributed by atoms with Gasteiger partial charge < -0.3 is 10.4 Å². The number of aliphatic hydroxyl groups excluding tert-OH is 1. The number of aliphatic hydroxyl groups is 1. The van der Waals surface area contributed by atoms with Gasteiger partial charge in [-0.1, -0.05) is 85.3 Å². The predicted molar refractivity (Wildman–Crippen MR) is 152 cm³/mol. The molecule has 4 nitrogen and oxygen atoms in total. The number of hydrogen-bond donors (Lipinski definition) is 2. The molecule has 0 bridgehead atoms. The second kappa shape index (κ2) is 14.2. The number of allylic oxidation sites excluding steroid dienone is 2. The van der Waals surface area contributed by atoms with Gasteiger partial charge in [-0.25, -0.2) is 0 Å². The van der Waals surface area contributed by atoms with Gasteiger partial charge in [0.05, 0.1) is 22.5 Å². The van der Waals surface area contributed by atoms with Crippen LogP contribution >= 0.6 is 11.6 Å². The average Bonchev–Trinajstić information content (AvgIpc) is 2.90. The molecule has 0 amide bonds. The molecule has 4 rings (SSSR count). The van der Waals surface area contributed by atoms with Crippen LogP contribution in [0, 0.1) is 0 Å². The lowest BCUT2D eigenvalue weighted by Crippen LogP contribution is -2.03. The van der Waals surface area contributed by atoms with E-state index >= 15 is 0 Å². The van der Waals surface area contributed by atoms with Crippen molar-refractivity contribution in [2.75, 3.05) is 12.4 Å². The summed E-state index contributed by atoms with van der Waals surface area (Å²) in [5, 5.41) is 13.0. The minimum atomic E-state index is -0.254. The third kappa shape index (κ3) is 8.04. The molecule has 0 radical (unpaired) electrons. The second-order valence-electron chi connectivity index (χ2n) is 8.51. The van der Waals surface area contributed by atoms with Crippen molar-refractivity contribution in [3.05, 3.63) is 113 Å². The number of rotatable bonds is 8. The fraction of sp³-hybridized carbons (Fsp3) is 0.226. The van der Waals surface area contributed by atoms with Crippen molar-refractivity contribution in [1.29, 1.82) is 0 Å². The zero-order chi connectivity index (χ0) is 25.8. The summed E-state index contributed by atoms with van der Waals surface area (Å²) in [5.74, 6) is 0. The summed E-state index contributed by atoms with van der Waals surface area (Å²) >= 11 is 6.29. The van der Waals surface area contributed by atoms with Crippen LogP contribution in [-0.4, -0.2) is 28.2 Å². The first-order chi connectivity index (χ1) is 17.5. The fourth-order valence-electron chi connectivity index (χ4n) is 3.73. The molecule has 3 aromatic carbocycles. The van der Waals surface area contributed by atoms with Crippen molar-refractivity contribution in [2.24, 2.45) is 0 Å². The van der Waals surface area contributed by atoms with Gasteiger partial charge in [0.15, 0.2) is 0 Å². The van der Waals surface area contributed by atoms with Crippen LogP contribution < -0.4 is 5.32 Å². The highest BCUT2D eigenvalue weighted by Gasteiger charge is 2.12. The molecule has 2 N–H and O–H groups in total. The molecule has 0 aliphatic heterocycles. The van der Waals surface area contributed by atoms with E-state index in [1.165, 1.54) is 11.1 Å². The van der Waals surface area contributed by atoms with E-state index in [-0.39, 0.29) is 6.10 Å². The minimum Gasteiger partial charge on any atom is -0.393 e. The molecule has 1 aromatic heterocycles. The van der Waals surface area contributed by atoms with Gasteiger partial charge in [0.2, 0.25) is 0 Å². The van der Waals surface area contributed by atoms with Crippen LogP contribution in [0.25, 0.3) is 22.5 Å². The Morgan fingerprint density at radius 3 is 2.11 bits per heavy atom. The Morgan fingerprint density at radius 2 is 1.50 bits per heavy atom. The van der Waals surface area contributed by atoms with Gasteiger partial charge in [-0.05, 0) is 55.5 Å². The Balaban J connectivity index is 0.000000214. The van der Waals surface area contributed by atoms with Crippen LogP contribution in [0.1, 0.15) is 31.4 Å². The van der Waals surface area contributed by atoms with E-state index < -0.39 is 0 Å². The molecule has 0 saturated carbocycles. The quantitative estimate of drug-likeness (QED) is 0.245. The molecule has 4 aromatic rings. The minimum absolute atomic E-state index is 0.254. The highest BCUT2D eigenvalue weighted by Crippen LogP contribution is 2.33. The van der Waals surface area contributed by atoms with E-state index in [2.05, 4.69) is 58.6 Å². The number of hydrogen-bond acceptors (Lipinski definition) is 4. The topological polar surface area (TPSA) is 58.0 Å². The van der Waals surface area contributed by atoms with E-state index in [0.29, 0.717) is 5.02 Å². The number of nitrogens with one attached hydrogen (secondary N) is 1. The first-order valence-corrected chi connectivity index (χ1v) is 12.6. The standard InChI is InChI=1S/C17H14ClN3.C14H20O/c1-19-13-8-6-12(7-9-13)16-17(21-11-10-20-16)14-4-2-3-5-15(14)18;1-3-4-5-6-13-7-9-14(10-8-13)11-12(2)15/h2-11,19H,1H3;4-5,7-10,12,15H,3,6,11H2,1-2H3/b;5-4+. The molecule has 0 fully saturated rings. The zero-order valence-corrected chi connectivity index (χ0v) is 21.9. The molecule has 5 heteroatoms. The van der Waals surface area contributed by atoms with E-state index in [1.807, 2.05) is 62.5 Å². The van der Waals surface area contributed by atoms with Gasteiger partial charge in [-0.15, -0.1) is 0 Å². The zero-order valence-electron chi connectivity index (χ0n) is 21.2. The van der Waals surface area contributed by atoms with Crippen LogP contribution in [0.3, 0.4) is 0 Å². The van der Waals surface area contributed by atoms with Crippen molar-refractivity contribution in [3.8, 4) is 22.5 Å². The maximum Gasteiger partial charge on any atom is 0.0980 e. The molecule has 1 heterocycles. The summed E-state index contributed by atoms with van der Waals surface area (Å²) in [4.78, 5) is 8.95. The SMILES string of the molecule is CC/C=C/Cc1ccc(CC(C)O)cc1.CNc1ccc(-c2nccnc2-c2ccccc2Cl)cc1. The molecular formula is C31H34ClN3O. The van der Waals surface area contributed by atoms with Gasteiger partial charge in [-0.2, -0.15) is 0 Å². The van der Waals surface area contributed by atoms with Gasteiger partial charge in [-0.3, -0.25) is 9.97 Å². The Kier molecular flexibility index (Phi) is 10.7. The predicted octanol–water partition coefficient (Wildman–Crippen LogP) is 7.62. The first-order valence-electron chi connectivity index (χ1n) is 12.3. The summed E-state index contributed by atoms with van der Waals surface area (Å²) < 4.78 is 0. The van der Waals surface area contributed by atoms with Crippen molar-refractivity contribution < 1.29 is 5.11 Å². The maximum absolute atomic E-state index is 9.24. The number of anilines is 1. The van der Waals surface area contributed by atoms with Gasteiger partial charge in [0.25, 0.3) is 0 Å². The van der Waals surface area contributed by atoms with Crippen LogP contribution in [0.5, 0.6) is 0 Å². The largest absolute Gasteiger partial charge is 0.393 e. The molecule has 0 aliphatic carbocycles. The Hall–Kier alpha value is -3.47. The van der Waals surface area contributed by atoms with E-state index in [4.69, 9.17) is 11.6 Å². The number of nitrogens with zero attached hydrogens (tertiary/aromatic N) is 2. The molecule has 0 spiro atoms. The number of aromatic nitrogens is 2. The molecular weight excluding hydrogens is 466 g/mol. The lowest BCUT2D eigenvalue weighted by molar-refractivity contribution is 0.195. The Morgan fingerprint density at radius 1 is 0.861 bits per heavy atom. The summed E-state index contributed by atoms with van der Waals surface area (Å²) in [6.07, 6.45) is 10.4. The third-order valence-corrected chi connectivity index (χ3v) is 5.91. The summed E-state index contributed by atoms with van der Waals surface area (Å²) in [6.45, 7) is 3.96. The molecule has 36 heavy (non-hydrogen) atoms. The Labute approximate surface area is 219 Å². The Bertz CT molecular complexity index is 1240. The lowest BCUT2D eigenvalue weighted by Gasteiger charge is -2.09. The number of halogens is 1. The van der Waals surface area contributed by atoms with Crippen molar-refractivity contribution in [1.82, 2.24) is 9.97 Å². The molecule has 0 aliphatic rings. The van der Waals surface area contributed by atoms with Gasteiger partial charge in [0.1, 0.15) is 0 Å². The fourth-order valence-corrected chi connectivity index (χ4v) is 3.96. The maximum atomic E-state index is 9.24. The number of benzene rings is 3. The van der Waals surface area contributed by atoms with E-state index in [1.54, 1.807) is 12.4 Å². The lowest BCUT2D eigenvalue weighted by atomic mass is 10.0. The third-order valence-electron chi connectivity index (χ3n) is 5.58. The van der Waals surface area contributed by atoms with E-state index in [9.17, 15) is 5.11 Å². The second-order valence-corrected chi connectivity index (χ2v) is 8.92. The van der Waals surface area contributed by atoms with Crippen molar-refractivity contribution in [2.45, 2.75) is 39.2 Å². The van der Waals surface area contributed by atoms with Crippen LogP contribution in [0.4, 0.5) is 5.69 Å². The molecule has 1 atom stereocenters. The monoisotopic (exact) mass is 499 g/mol. The molecule has 1 unspecified atom stereocenters. The van der Waals surface area contributed by atoms with Crippen molar-refractivity contribution >= 4 is 17.3 Å². The summed E-state index contributed by atoms with van der Waals surface area (Å²) in [6, 6.07) is 24.2. The van der Waals surface area contributed by atoms with Crippen LogP contribution in [0.15, 0.2) is 97.3 Å². The van der Waals surface area contributed by atoms with Crippen molar-refractivity contribution in [3.63, 3.8) is 0 Å². The van der Waals surface area contributed by atoms with Crippen LogP contribution in [0.2, 0.25) is 5.02 Å². The van der Waals surface area contributed by atoms with E-state index in [0.717, 1.165) is 47.5 Å². The first kappa shape index (κ1) is 27.1. The molecule has 0 saturated heterocycles.